The van der Waals surface area contributed by atoms with E-state index in [-0.39, 0.29) is 11.9 Å². The molecule has 3 unspecified atom stereocenters. The van der Waals surface area contributed by atoms with Gasteiger partial charge in [0.2, 0.25) is 5.91 Å². The third kappa shape index (κ3) is 2.48. The van der Waals surface area contributed by atoms with Gasteiger partial charge in [0.15, 0.2) is 0 Å². The number of hydrogen-bond donors (Lipinski definition) is 2. The molecular formula is C14H18ClN3O. The monoisotopic (exact) mass is 279 g/mol. The Kier molecular flexibility index (Phi) is 3.48. The quantitative estimate of drug-likeness (QED) is 0.823. The van der Waals surface area contributed by atoms with Crippen LogP contribution in [0.2, 0.25) is 5.02 Å². The highest BCUT2D eigenvalue weighted by molar-refractivity contribution is 6.30. The highest BCUT2D eigenvalue weighted by atomic mass is 35.5. The Balaban J connectivity index is 1.80. The minimum absolute atomic E-state index is 0.167. The molecule has 19 heavy (non-hydrogen) atoms. The van der Waals surface area contributed by atoms with Gasteiger partial charge in [-0.25, -0.2) is 5.43 Å². The first-order valence-corrected chi connectivity index (χ1v) is 7.05. The van der Waals surface area contributed by atoms with Crippen LogP contribution in [-0.2, 0) is 4.79 Å². The summed E-state index contributed by atoms with van der Waals surface area (Å²) in [6.45, 7) is 3.30. The molecule has 0 aliphatic carbocycles. The molecule has 3 rings (SSSR count). The van der Waals surface area contributed by atoms with Gasteiger partial charge in [0.1, 0.15) is 0 Å². The van der Waals surface area contributed by atoms with Crippen molar-refractivity contribution in [2.75, 3.05) is 13.1 Å². The van der Waals surface area contributed by atoms with Gasteiger partial charge >= 0.3 is 0 Å². The smallest absolute Gasteiger partial charge is 0.219 e. The zero-order valence-electron chi connectivity index (χ0n) is 10.9. The van der Waals surface area contributed by atoms with Crippen molar-refractivity contribution in [3.05, 3.63) is 34.9 Å². The molecule has 1 amide bonds. The van der Waals surface area contributed by atoms with Crippen molar-refractivity contribution in [3.63, 3.8) is 0 Å². The minimum Gasteiger partial charge on any atom is -0.342 e. The maximum absolute atomic E-state index is 11.5. The van der Waals surface area contributed by atoms with Crippen molar-refractivity contribution in [1.82, 2.24) is 15.8 Å². The molecule has 5 heteroatoms. The van der Waals surface area contributed by atoms with Gasteiger partial charge in [0.05, 0.1) is 6.04 Å². The van der Waals surface area contributed by atoms with Gasteiger partial charge in [-0.1, -0.05) is 23.7 Å². The van der Waals surface area contributed by atoms with E-state index in [9.17, 15) is 4.79 Å². The molecule has 2 aliphatic heterocycles. The average molecular weight is 280 g/mol. The number of rotatable bonds is 1. The van der Waals surface area contributed by atoms with Crippen LogP contribution in [0.25, 0.3) is 0 Å². The number of nitrogens with one attached hydrogen (secondary N) is 2. The van der Waals surface area contributed by atoms with E-state index in [1.54, 1.807) is 6.92 Å². The predicted molar refractivity (Wildman–Crippen MR) is 74.6 cm³/mol. The number of carbonyl (C=O) groups excluding carboxylic acids is 1. The summed E-state index contributed by atoms with van der Waals surface area (Å²) in [7, 11) is 0. The summed E-state index contributed by atoms with van der Waals surface area (Å²) in [6, 6.07) is 8.61. The van der Waals surface area contributed by atoms with Crippen LogP contribution in [0.4, 0.5) is 0 Å². The Labute approximate surface area is 118 Å². The lowest BCUT2D eigenvalue weighted by Crippen LogP contribution is -2.47. The van der Waals surface area contributed by atoms with E-state index < -0.39 is 0 Å². The van der Waals surface area contributed by atoms with E-state index >= 15 is 0 Å². The van der Waals surface area contributed by atoms with E-state index in [0.717, 1.165) is 24.5 Å². The molecule has 0 spiro atoms. The van der Waals surface area contributed by atoms with Gasteiger partial charge in [-0.15, -0.1) is 0 Å². The third-order valence-electron chi connectivity index (χ3n) is 4.18. The second-order valence-electron chi connectivity index (χ2n) is 5.34. The number of amides is 1. The molecule has 4 nitrogen and oxygen atoms in total. The summed E-state index contributed by atoms with van der Waals surface area (Å²) in [5.74, 6) is 0.582. The van der Waals surface area contributed by atoms with Gasteiger partial charge in [-0.05, 0) is 24.1 Å². The number of carbonyl (C=O) groups is 1. The molecule has 2 saturated heterocycles. The maximum Gasteiger partial charge on any atom is 0.219 e. The van der Waals surface area contributed by atoms with E-state index in [2.05, 4.69) is 23.0 Å². The Morgan fingerprint density at radius 2 is 2.05 bits per heavy atom. The molecule has 2 aliphatic rings. The molecule has 0 saturated carbocycles. The Hall–Kier alpha value is -1.10. The van der Waals surface area contributed by atoms with Crippen molar-refractivity contribution in [3.8, 4) is 0 Å². The molecule has 0 aromatic heterocycles. The molecule has 2 N–H and O–H groups in total. The highest BCUT2D eigenvalue weighted by Gasteiger charge is 2.40. The number of hydrogen-bond acceptors (Lipinski definition) is 3. The second-order valence-corrected chi connectivity index (χ2v) is 5.78. The largest absolute Gasteiger partial charge is 0.342 e. The van der Waals surface area contributed by atoms with Crippen molar-refractivity contribution >= 4 is 17.5 Å². The van der Waals surface area contributed by atoms with E-state index in [1.807, 2.05) is 17.0 Å². The van der Waals surface area contributed by atoms with Crippen LogP contribution in [0.3, 0.4) is 0 Å². The summed E-state index contributed by atoms with van der Waals surface area (Å²) in [4.78, 5) is 13.5. The average Bonchev–Trinajstić information content (AvgIpc) is 2.82. The summed E-state index contributed by atoms with van der Waals surface area (Å²) in [5.41, 5.74) is 7.94. The number of piperidine rings is 1. The first-order valence-electron chi connectivity index (χ1n) is 6.67. The number of hydrazine groups is 1. The minimum atomic E-state index is 0.167. The van der Waals surface area contributed by atoms with Crippen LogP contribution < -0.4 is 10.9 Å². The van der Waals surface area contributed by atoms with Gasteiger partial charge in [-0.3, -0.25) is 10.2 Å². The number of fused-ring (bicyclic) bond motifs is 1. The third-order valence-corrected chi connectivity index (χ3v) is 4.44. The fourth-order valence-corrected chi connectivity index (χ4v) is 3.22. The molecule has 0 radical (unpaired) electrons. The van der Waals surface area contributed by atoms with Gasteiger partial charge in [0.25, 0.3) is 0 Å². The Morgan fingerprint density at radius 1 is 1.32 bits per heavy atom. The van der Waals surface area contributed by atoms with E-state index in [4.69, 9.17) is 11.6 Å². The molecule has 0 bridgehead atoms. The van der Waals surface area contributed by atoms with Crippen LogP contribution in [0, 0.1) is 5.92 Å². The Bertz CT molecular complexity index is 476. The van der Waals surface area contributed by atoms with Gasteiger partial charge < -0.3 is 4.90 Å². The van der Waals surface area contributed by atoms with Crippen molar-refractivity contribution < 1.29 is 4.79 Å². The van der Waals surface area contributed by atoms with Crippen LogP contribution in [0.5, 0.6) is 0 Å². The van der Waals surface area contributed by atoms with Crippen LogP contribution in [0.1, 0.15) is 24.9 Å². The molecule has 1 aromatic rings. The molecule has 2 heterocycles. The maximum atomic E-state index is 11.5. The van der Waals surface area contributed by atoms with Crippen LogP contribution in [0.15, 0.2) is 24.3 Å². The molecule has 102 valence electrons. The van der Waals surface area contributed by atoms with Crippen molar-refractivity contribution in [1.29, 1.82) is 0 Å². The van der Waals surface area contributed by atoms with Crippen LogP contribution in [-0.4, -0.2) is 29.9 Å². The predicted octanol–water partition coefficient (Wildman–Crippen LogP) is 1.73. The van der Waals surface area contributed by atoms with Crippen molar-refractivity contribution in [2.45, 2.75) is 25.4 Å². The van der Waals surface area contributed by atoms with Crippen molar-refractivity contribution in [2.24, 2.45) is 5.92 Å². The standard InChI is InChI=1S/C14H18ClN3O/c1-9(19)18-7-6-13-12(8-18)14(17-16-13)10-2-4-11(15)5-3-10/h2-5,12-14,16-17H,6-8H2,1H3. The molecule has 3 atom stereocenters. The molecule has 2 fully saturated rings. The second kappa shape index (κ2) is 5.12. The summed E-state index contributed by atoms with van der Waals surface area (Å²) < 4.78 is 0. The first-order chi connectivity index (χ1) is 9.15. The fourth-order valence-electron chi connectivity index (χ4n) is 3.09. The molecule has 1 aromatic carbocycles. The number of benzene rings is 1. The first kappa shape index (κ1) is 12.9. The summed E-state index contributed by atoms with van der Waals surface area (Å²) in [6.07, 6.45) is 1.00. The Morgan fingerprint density at radius 3 is 2.74 bits per heavy atom. The van der Waals surface area contributed by atoms with E-state index in [0.29, 0.717) is 12.0 Å². The zero-order valence-corrected chi connectivity index (χ0v) is 11.7. The normalized spacial score (nSPS) is 30.2. The zero-order chi connectivity index (χ0) is 13.4. The van der Waals surface area contributed by atoms with Gasteiger partial charge in [-0.2, -0.15) is 0 Å². The lowest BCUT2D eigenvalue weighted by atomic mass is 9.85. The summed E-state index contributed by atoms with van der Waals surface area (Å²) in [5, 5.41) is 0.750. The molecular weight excluding hydrogens is 262 g/mol. The number of likely N-dealkylation sites (tertiary alicyclic amines) is 1. The topological polar surface area (TPSA) is 44.4 Å². The lowest BCUT2D eigenvalue weighted by Gasteiger charge is -2.35. The van der Waals surface area contributed by atoms with Gasteiger partial charge in [0, 0.05) is 37.0 Å². The van der Waals surface area contributed by atoms with Crippen LogP contribution >= 0.6 is 11.6 Å². The highest BCUT2D eigenvalue weighted by Crippen LogP contribution is 2.33. The fraction of sp³-hybridized carbons (Fsp3) is 0.500. The SMILES string of the molecule is CC(=O)N1CCC2NNC(c3ccc(Cl)cc3)C2C1. The lowest BCUT2D eigenvalue weighted by molar-refractivity contribution is -0.130. The number of nitrogens with zero attached hydrogens (tertiary/aromatic N) is 1. The summed E-state index contributed by atoms with van der Waals surface area (Å²) >= 11 is 5.93. The van der Waals surface area contributed by atoms with E-state index in [1.165, 1.54) is 5.56 Å². The number of halogens is 1.